The zero-order valence-corrected chi connectivity index (χ0v) is 15.4. The summed E-state index contributed by atoms with van der Waals surface area (Å²) in [6, 6.07) is 3.70. The highest BCUT2D eigenvalue weighted by atomic mass is 16.1. The van der Waals surface area contributed by atoms with Crippen molar-refractivity contribution in [2.45, 2.75) is 51.6 Å². The number of hydrogen-bond donors (Lipinski definition) is 1. The molecule has 1 unspecified atom stereocenters. The first-order valence-corrected chi connectivity index (χ1v) is 9.23. The third-order valence-electron chi connectivity index (χ3n) is 4.83. The van der Waals surface area contributed by atoms with E-state index in [2.05, 4.69) is 22.4 Å². The first kappa shape index (κ1) is 16.8. The number of carbonyl (C=O) groups excluding carboxylic acids is 1. The summed E-state index contributed by atoms with van der Waals surface area (Å²) in [6.45, 7) is 4.86. The monoisotopic (exact) mass is 352 g/mol. The van der Waals surface area contributed by atoms with Gasteiger partial charge in [-0.05, 0) is 38.3 Å². The van der Waals surface area contributed by atoms with Gasteiger partial charge < -0.3 is 5.32 Å². The van der Waals surface area contributed by atoms with Gasteiger partial charge >= 0.3 is 0 Å². The molecule has 0 spiro atoms. The third kappa shape index (κ3) is 3.09. The van der Waals surface area contributed by atoms with E-state index in [1.54, 1.807) is 10.9 Å². The molecule has 1 aliphatic carbocycles. The molecule has 1 aliphatic rings. The zero-order chi connectivity index (χ0) is 18.3. The van der Waals surface area contributed by atoms with Crippen LogP contribution in [0.15, 0.2) is 24.5 Å². The fraction of sp³-hybridized carbons (Fsp3) is 0.474. The standard InChI is InChI=1S/C19H24N6O/c1-4-8-25-18-15(11-20-25)14(10-17(22-18)13-5-6-13)19(26)21-12(2)16-7-9-24(3)23-16/h7,9-13H,4-6,8H2,1-3H3,(H,21,26). The van der Waals surface area contributed by atoms with E-state index >= 15 is 0 Å². The van der Waals surface area contributed by atoms with Crippen LogP contribution in [0.25, 0.3) is 11.0 Å². The second kappa shape index (κ2) is 6.55. The number of amides is 1. The number of nitrogens with one attached hydrogen (secondary N) is 1. The molecule has 3 heterocycles. The molecule has 3 aromatic heterocycles. The lowest BCUT2D eigenvalue weighted by Crippen LogP contribution is -2.27. The van der Waals surface area contributed by atoms with Crippen molar-refractivity contribution in [1.82, 2.24) is 29.9 Å². The molecule has 0 saturated heterocycles. The number of aromatic nitrogens is 5. The van der Waals surface area contributed by atoms with Crippen LogP contribution < -0.4 is 5.32 Å². The van der Waals surface area contributed by atoms with E-state index in [0.717, 1.165) is 48.2 Å². The van der Waals surface area contributed by atoms with E-state index in [9.17, 15) is 4.79 Å². The minimum Gasteiger partial charge on any atom is -0.344 e. The van der Waals surface area contributed by atoms with Crippen molar-refractivity contribution in [2.24, 2.45) is 7.05 Å². The van der Waals surface area contributed by atoms with Crippen LogP contribution in [0.1, 0.15) is 66.8 Å². The molecule has 136 valence electrons. The van der Waals surface area contributed by atoms with Crippen LogP contribution in [-0.2, 0) is 13.6 Å². The Kier molecular flexibility index (Phi) is 4.22. The van der Waals surface area contributed by atoms with Gasteiger partial charge in [0, 0.05) is 31.4 Å². The highest BCUT2D eigenvalue weighted by molar-refractivity contribution is 6.05. The van der Waals surface area contributed by atoms with Crippen LogP contribution in [-0.4, -0.2) is 30.5 Å². The summed E-state index contributed by atoms with van der Waals surface area (Å²) in [5.74, 6) is 0.373. The van der Waals surface area contributed by atoms with Crippen LogP contribution in [0, 0.1) is 0 Å². The molecule has 0 aliphatic heterocycles. The number of rotatable bonds is 6. The summed E-state index contributed by atoms with van der Waals surface area (Å²) in [5, 5.41) is 12.7. The first-order chi connectivity index (χ1) is 12.6. The van der Waals surface area contributed by atoms with Crippen molar-refractivity contribution in [3.8, 4) is 0 Å². The Balaban J connectivity index is 1.68. The van der Waals surface area contributed by atoms with Crippen molar-refractivity contribution in [2.75, 3.05) is 0 Å². The Morgan fingerprint density at radius 3 is 2.88 bits per heavy atom. The van der Waals surface area contributed by atoms with E-state index < -0.39 is 0 Å². The second-order valence-corrected chi connectivity index (χ2v) is 7.08. The van der Waals surface area contributed by atoms with E-state index in [0.29, 0.717) is 11.5 Å². The lowest BCUT2D eigenvalue weighted by Gasteiger charge is -2.13. The average Bonchev–Trinajstić information content (AvgIpc) is 3.27. The Bertz CT molecular complexity index is 952. The molecule has 1 atom stereocenters. The normalized spacial score (nSPS) is 15.3. The lowest BCUT2D eigenvalue weighted by atomic mass is 10.1. The molecule has 1 N–H and O–H groups in total. The number of hydrogen-bond acceptors (Lipinski definition) is 4. The number of aryl methyl sites for hydroxylation is 2. The first-order valence-electron chi connectivity index (χ1n) is 9.23. The van der Waals surface area contributed by atoms with Gasteiger partial charge in [0.2, 0.25) is 0 Å². The predicted octanol–water partition coefficient (Wildman–Crippen LogP) is 2.94. The number of pyridine rings is 1. The van der Waals surface area contributed by atoms with Gasteiger partial charge in [0.25, 0.3) is 5.91 Å². The van der Waals surface area contributed by atoms with Crippen molar-refractivity contribution in [3.05, 3.63) is 41.5 Å². The van der Waals surface area contributed by atoms with Gasteiger partial charge in [-0.2, -0.15) is 10.2 Å². The van der Waals surface area contributed by atoms with Crippen molar-refractivity contribution < 1.29 is 4.79 Å². The van der Waals surface area contributed by atoms with Crippen LogP contribution in [0.4, 0.5) is 0 Å². The Hall–Kier alpha value is -2.70. The highest BCUT2D eigenvalue weighted by Crippen LogP contribution is 2.40. The molecule has 26 heavy (non-hydrogen) atoms. The number of carbonyl (C=O) groups is 1. The molecular formula is C19H24N6O. The third-order valence-corrected chi connectivity index (χ3v) is 4.83. The van der Waals surface area contributed by atoms with E-state index in [1.807, 2.05) is 37.0 Å². The molecule has 3 aromatic rings. The minimum absolute atomic E-state index is 0.103. The van der Waals surface area contributed by atoms with E-state index in [4.69, 9.17) is 4.98 Å². The zero-order valence-electron chi connectivity index (χ0n) is 15.4. The van der Waals surface area contributed by atoms with Gasteiger partial charge in [0.15, 0.2) is 5.65 Å². The number of fused-ring (bicyclic) bond motifs is 1. The largest absolute Gasteiger partial charge is 0.344 e. The Morgan fingerprint density at radius 1 is 1.42 bits per heavy atom. The van der Waals surface area contributed by atoms with Gasteiger partial charge in [0.1, 0.15) is 0 Å². The maximum absolute atomic E-state index is 13.0. The smallest absolute Gasteiger partial charge is 0.252 e. The SMILES string of the molecule is CCCn1ncc2c(C(=O)NC(C)c3ccn(C)n3)cc(C3CC3)nc21. The Labute approximate surface area is 152 Å². The molecule has 0 radical (unpaired) electrons. The summed E-state index contributed by atoms with van der Waals surface area (Å²) in [4.78, 5) is 17.8. The summed E-state index contributed by atoms with van der Waals surface area (Å²) < 4.78 is 3.64. The predicted molar refractivity (Wildman–Crippen MR) is 98.9 cm³/mol. The highest BCUT2D eigenvalue weighted by Gasteiger charge is 2.28. The van der Waals surface area contributed by atoms with Gasteiger partial charge in [-0.3, -0.25) is 9.48 Å². The maximum Gasteiger partial charge on any atom is 0.252 e. The van der Waals surface area contributed by atoms with Gasteiger partial charge in [0.05, 0.1) is 28.9 Å². The molecule has 7 heteroatoms. The summed E-state index contributed by atoms with van der Waals surface area (Å²) in [6.07, 6.45) is 6.90. The van der Waals surface area contributed by atoms with Crippen LogP contribution in [0.2, 0.25) is 0 Å². The fourth-order valence-electron chi connectivity index (χ4n) is 3.23. The molecule has 0 bridgehead atoms. The topological polar surface area (TPSA) is 77.6 Å². The van der Waals surface area contributed by atoms with E-state index in [-0.39, 0.29) is 11.9 Å². The van der Waals surface area contributed by atoms with Gasteiger partial charge in [-0.15, -0.1) is 0 Å². The molecule has 4 rings (SSSR count). The van der Waals surface area contributed by atoms with E-state index in [1.165, 1.54) is 0 Å². The van der Waals surface area contributed by atoms with Gasteiger partial charge in [-0.1, -0.05) is 6.92 Å². The molecule has 1 fully saturated rings. The molecule has 7 nitrogen and oxygen atoms in total. The second-order valence-electron chi connectivity index (χ2n) is 7.08. The average molecular weight is 352 g/mol. The molecule has 0 aromatic carbocycles. The summed E-state index contributed by atoms with van der Waals surface area (Å²) in [5.41, 5.74) is 3.31. The van der Waals surface area contributed by atoms with Crippen molar-refractivity contribution >= 4 is 16.9 Å². The van der Waals surface area contributed by atoms with Crippen LogP contribution in [0.3, 0.4) is 0 Å². The number of nitrogens with zero attached hydrogens (tertiary/aromatic N) is 5. The Morgan fingerprint density at radius 2 is 2.23 bits per heavy atom. The molecule has 1 saturated carbocycles. The van der Waals surface area contributed by atoms with Crippen LogP contribution in [0.5, 0.6) is 0 Å². The molecular weight excluding hydrogens is 328 g/mol. The summed E-state index contributed by atoms with van der Waals surface area (Å²) >= 11 is 0. The quantitative estimate of drug-likeness (QED) is 0.740. The van der Waals surface area contributed by atoms with Crippen LogP contribution >= 0.6 is 0 Å². The lowest BCUT2D eigenvalue weighted by molar-refractivity contribution is 0.0940. The van der Waals surface area contributed by atoms with Crippen molar-refractivity contribution in [1.29, 1.82) is 0 Å². The summed E-state index contributed by atoms with van der Waals surface area (Å²) in [7, 11) is 1.87. The van der Waals surface area contributed by atoms with Crippen molar-refractivity contribution in [3.63, 3.8) is 0 Å². The fourth-order valence-corrected chi connectivity index (χ4v) is 3.23. The van der Waals surface area contributed by atoms with Gasteiger partial charge in [-0.25, -0.2) is 9.67 Å². The molecule has 1 amide bonds. The minimum atomic E-state index is -0.165. The maximum atomic E-state index is 13.0.